The SMILES string of the molecule is CCCCCC(=O)N1c2ccccc2NC2=C(C(=O)C[C@H](c3ccc(C(C)(C)C)cc3)C2)[C@@H]1c1ccc(F)cc1. The minimum atomic E-state index is -0.627. The van der Waals surface area contributed by atoms with Crippen LogP contribution in [0.3, 0.4) is 0 Å². The van der Waals surface area contributed by atoms with Gasteiger partial charge >= 0.3 is 0 Å². The van der Waals surface area contributed by atoms with Gasteiger partial charge in [-0.3, -0.25) is 14.5 Å². The van der Waals surface area contributed by atoms with Crippen molar-refractivity contribution in [1.29, 1.82) is 0 Å². The monoisotopic (exact) mass is 538 g/mol. The number of amides is 1. The second-order valence-electron chi connectivity index (χ2n) is 12.1. The van der Waals surface area contributed by atoms with Crippen LogP contribution in [0, 0.1) is 5.82 Å². The Morgan fingerprint density at radius 1 is 0.925 bits per heavy atom. The molecule has 1 N–H and O–H groups in total. The average molecular weight is 539 g/mol. The van der Waals surface area contributed by atoms with E-state index in [1.54, 1.807) is 17.0 Å². The van der Waals surface area contributed by atoms with Crippen LogP contribution in [0.4, 0.5) is 15.8 Å². The smallest absolute Gasteiger partial charge is 0.227 e. The molecule has 208 valence electrons. The van der Waals surface area contributed by atoms with E-state index in [1.807, 2.05) is 24.3 Å². The number of unbranched alkanes of at least 4 members (excludes halogenated alkanes) is 2. The number of ketones is 1. The number of benzene rings is 3. The van der Waals surface area contributed by atoms with E-state index in [4.69, 9.17) is 0 Å². The summed E-state index contributed by atoms with van der Waals surface area (Å²) in [6.45, 7) is 8.70. The van der Waals surface area contributed by atoms with Crippen molar-refractivity contribution in [2.45, 2.75) is 83.6 Å². The summed E-state index contributed by atoms with van der Waals surface area (Å²) < 4.78 is 14.0. The number of hydrogen-bond acceptors (Lipinski definition) is 3. The highest BCUT2D eigenvalue weighted by Crippen LogP contribution is 2.47. The Labute approximate surface area is 237 Å². The van der Waals surface area contributed by atoms with Gasteiger partial charge in [0.25, 0.3) is 0 Å². The summed E-state index contributed by atoms with van der Waals surface area (Å²) in [6, 6.07) is 22.0. The van der Waals surface area contributed by atoms with Gasteiger partial charge in [0.05, 0.1) is 17.4 Å². The molecule has 0 spiro atoms. The lowest BCUT2D eigenvalue weighted by Crippen LogP contribution is -2.38. The molecule has 3 aromatic carbocycles. The summed E-state index contributed by atoms with van der Waals surface area (Å²) in [4.78, 5) is 29.8. The summed E-state index contributed by atoms with van der Waals surface area (Å²) in [5, 5.41) is 3.58. The first kappa shape index (κ1) is 27.8. The number of carbonyl (C=O) groups is 2. The first-order valence-electron chi connectivity index (χ1n) is 14.5. The van der Waals surface area contributed by atoms with Crippen LogP contribution in [0.25, 0.3) is 0 Å². The van der Waals surface area contributed by atoms with Gasteiger partial charge in [-0.25, -0.2) is 4.39 Å². The summed E-state index contributed by atoms with van der Waals surface area (Å²) >= 11 is 0. The predicted molar refractivity (Wildman–Crippen MR) is 160 cm³/mol. The third-order valence-electron chi connectivity index (χ3n) is 8.19. The Bertz CT molecular complexity index is 1420. The lowest BCUT2D eigenvalue weighted by atomic mass is 9.77. The normalized spacial score (nSPS) is 19.0. The number of nitrogens with zero attached hydrogens (tertiary/aromatic N) is 1. The fourth-order valence-corrected chi connectivity index (χ4v) is 5.96. The van der Waals surface area contributed by atoms with E-state index in [2.05, 4.69) is 57.3 Å². The quantitative estimate of drug-likeness (QED) is 0.320. The maximum Gasteiger partial charge on any atom is 0.227 e. The topological polar surface area (TPSA) is 49.4 Å². The summed E-state index contributed by atoms with van der Waals surface area (Å²) in [6.07, 6.45) is 4.16. The molecule has 0 unspecified atom stereocenters. The van der Waals surface area contributed by atoms with Crippen molar-refractivity contribution in [2.75, 3.05) is 10.2 Å². The predicted octanol–water partition coefficient (Wildman–Crippen LogP) is 8.60. The first-order chi connectivity index (χ1) is 19.2. The van der Waals surface area contributed by atoms with Crippen LogP contribution in [-0.4, -0.2) is 11.7 Å². The van der Waals surface area contributed by atoms with Gasteiger partial charge in [-0.1, -0.05) is 89.1 Å². The zero-order chi connectivity index (χ0) is 28.4. The van der Waals surface area contributed by atoms with Crippen molar-refractivity contribution in [3.05, 3.63) is 107 Å². The Kier molecular flexibility index (Phi) is 7.93. The van der Waals surface area contributed by atoms with Gasteiger partial charge in [0.2, 0.25) is 5.91 Å². The van der Waals surface area contributed by atoms with Gasteiger partial charge < -0.3 is 5.32 Å². The van der Waals surface area contributed by atoms with Gasteiger partial charge in [-0.15, -0.1) is 0 Å². The van der Waals surface area contributed by atoms with Crippen LogP contribution in [0.2, 0.25) is 0 Å². The molecular formula is C35H39FN2O2. The maximum atomic E-state index is 14.1. The number of allylic oxidation sites excluding steroid dienone is 1. The average Bonchev–Trinajstić information content (AvgIpc) is 3.08. The summed E-state index contributed by atoms with van der Waals surface area (Å²) in [5.74, 6) is -0.328. The molecule has 0 bridgehead atoms. The standard InChI is InChI=1S/C35H39FN2O2/c1-5-6-7-12-32(40)38-30-11-9-8-10-28(30)37-29-21-25(23-13-17-26(18-14-23)35(2,3)4)22-31(39)33(29)34(38)24-15-19-27(36)20-16-24/h8-11,13-20,25,34,37H,5-7,12,21-22H2,1-4H3/t25-,34+/m1/s1. The molecule has 5 rings (SSSR count). The number of anilines is 2. The van der Waals surface area contributed by atoms with Gasteiger partial charge in [-0.2, -0.15) is 0 Å². The van der Waals surface area contributed by atoms with Crippen LogP contribution in [0.1, 0.15) is 94.9 Å². The largest absolute Gasteiger partial charge is 0.357 e. The highest BCUT2D eigenvalue weighted by Gasteiger charge is 2.41. The molecule has 2 aliphatic rings. The fourth-order valence-electron chi connectivity index (χ4n) is 5.96. The van der Waals surface area contributed by atoms with E-state index in [1.165, 1.54) is 17.7 Å². The molecule has 1 aliphatic heterocycles. The number of Topliss-reactive ketones (excluding diaryl/α,β-unsaturated/α-hetero) is 1. The molecular weight excluding hydrogens is 499 g/mol. The van der Waals surface area contributed by atoms with Gasteiger partial charge in [0.15, 0.2) is 5.78 Å². The number of carbonyl (C=O) groups excluding carboxylic acids is 2. The zero-order valence-electron chi connectivity index (χ0n) is 24.0. The Morgan fingerprint density at radius 3 is 2.27 bits per heavy atom. The molecule has 2 atom stereocenters. The van der Waals surface area contributed by atoms with Gasteiger partial charge in [-0.05, 0) is 65.1 Å². The third kappa shape index (κ3) is 5.60. The van der Waals surface area contributed by atoms with E-state index in [0.717, 1.165) is 47.5 Å². The van der Waals surface area contributed by atoms with Crippen LogP contribution in [-0.2, 0) is 15.0 Å². The van der Waals surface area contributed by atoms with Crippen LogP contribution in [0.5, 0.6) is 0 Å². The molecule has 4 nitrogen and oxygen atoms in total. The first-order valence-corrected chi connectivity index (χ1v) is 14.5. The number of fused-ring (bicyclic) bond motifs is 1. The van der Waals surface area contributed by atoms with Gasteiger partial charge in [0, 0.05) is 24.1 Å². The number of rotatable bonds is 6. The zero-order valence-corrected chi connectivity index (χ0v) is 24.0. The Balaban J connectivity index is 1.61. The molecule has 1 amide bonds. The fraction of sp³-hybridized carbons (Fsp3) is 0.371. The van der Waals surface area contributed by atoms with Crippen LogP contribution in [0.15, 0.2) is 84.1 Å². The number of para-hydroxylation sites is 2. The van der Waals surface area contributed by atoms with Crippen molar-refractivity contribution in [3.8, 4) is 0 Å². The molecule has 5 heteroatoms. The van der Waals surface area contributed by atoms with Crippen LogP contribution < -0.4 is 10.2 Å². The maximum absolute atomic E-state index is 14.1. The number of halogens is 1. The van der Waals surface area contributed by atoms with Crippen molar-refractivity contribution in [1.82, 2.24) is 0 Å². The summed E-state index contributed by atoms with van der Waals surface area (Å²) in [7, 11) is 0. The molecule has 1 heterocycles. The summed E-state index contributed by atoms with van der Waals surface area (Å²) in [5.41, 5.74) is 6.18. The Morgan fingerprint density at radius 2 is 1.60 bits per heavy atom. The van der Waals surface area contributed by atoms with E-state index in [9.17, 15) is 14.0 Å². The van der Waals surface area contributed by atoms with Gasteiger partial charge in [0.1, 0.15) is 5.82 Å². The number of hydrogen-bond donors (Lipinski definition) is 1. The van der Waals surface area contributed by atoms with E-state index < -0.39 is 6.04 Å². The molecule has 3 aromatic rings. The molecule has 40 heavy (non-hydrogen) atoms. The lowest BCUT2D eigenvalue weighted by Gasteiger charge is -2.35. The third-order valence-corrected chi connectivity index (χ3v) is 8.19. The van der Waals surface area contributed by atoms with Crippen LogP contribution >= 0.6 is 0 Å². The van der Waals surface area contributed by atoms with E-state index >= 15 is 0 Å². The highest BCUT2D eigenvalue weighted by atomic mass is 19.1. The molecule has 0 saturated carbocycles. The lowest BCUT2D eigenvalue weighted by molar-refractivity contribution is -0.119. The van der Waals surface area contributed by atoms with Crippen molar-refractivity contribution in [3.63, 3.8) is 0 Å². The second kappa shape index (κ2) is 11.4. The molecule has 0 saturated heterocycles. The van der Waals surface area contributed by atoms with E-state index in [-0.39, 0.29) is 28.8 Å². The molecule has 0 radical (unpaired) electrons. The minimum Gasteiger partial charge on any atom is -0.357 e. The van der Waals surface area contributed by atoms with Crippen molar-refractivity contribution in [2.24, 2.45) is 0 Å². The highest BCUT2D eigenvalue weighted by molar-refractivity contribution is 6.06. The molecule has 0 fully saturated rings. The minimum absolute atomic E-state index is 0.0205. The van der Waals surface area contributed by atoms with Crippen molar-refractivity contribution < 1.29 is 14.0 Å². The number of nitrogens with one attached hydrogen (secondary N) is 1. The van der Waals surface area contributed by atoms with E-state index in [0.29, 0.717) is 24.8 Å². The Hall–Kier alpha value is -3.73. The second-order valence-corrected chi connectivity index (χ2v) is 12.1. The molecule has 0 aromatic heterocycles. The molecule has 1 aliphatic carbocycles. The van der Waals surface area contributed by atoms with Crippen molar-refractivity contribution >= 4 is 23.1 Å².